The van der Waals surface area contributed by atoms with Crippen LogP contribution < -0.4 is 0 Å². The number of aliphatic carboxylic acids is 1. The monoisotopic (exact) mass is 393 g/mol. The van der Waals surface area contributed by atoms with Crippen LogP contribution in [0.5, 0.6) is 0 Å². The second kappa shape index (κ2) is 7.78. The van der Waals surface area contributed by atoms with Crippen molar-refractivity contribution in [1.82, 2.24) is 4.31 Å². The maximum atomic E-state index is 12.9. The molecule has 0 aromatic heterocycles. The van der Waals surface area contributed by atoms with Crippen LogP contribution >= 0.6 is 11.6 Å². The van der Waals surface area contributed by atoms with E-state index < -0.39 is 16.0 Å². The van der Waals surface area contributed by atoms with Crippen LogP contribution in [0, 0.1) is 0 Å². The zero-order valence-electron chi connectivity index (χ0n) is 14.1. The fourth-order valence-corrected chi connectivity index (χ4v) is 5.17. The number of benzene rings is 2. The molecule has 1 atom stereocenters. The number of carbonyl (C=O) groups is 1. The third-order valence-electron chi connectivity index (χ3n) is 4.60. The summed E-state index contributed by atoms with van der Waals surface area (Å²) in [5.74, 6) is -0.831. The third-order valence-corrected chi connectivity index (χ3v) is 6.69. The maximum absolute atomic E-state index is 12.9. The lowest BCUT2D eigenvalue weighted by atomic mass is 9.90. The summed E-state index contributed by atoms with van der Waals surface area (Å²) in [6.07, 6.45) is 1.59. The molecule has 5 nitrogen and oxygen atoms in total. The van der Waals surface area contributed by atoms with Crippen molar-refractivity contribution in [3.63, 3.8) is 0 Å². The van der Waals surface area contributed by atoms with Gasteiger partial charge < -0.3 is 5.11 Å². The summed E-state index contributed by atoms with van der Waals surface area (Å²) in [5, 5.41) is 9.36. The van der Waals surface area contributed by atoms with Crippen LogP contribution in [0.1, 0.15) is 29.9 Å². The molecule has 2 aromatic rings. The van der Waals surface area contributed by atoms with Gasteiger partial charge in [-0.05, 0) is 48.1 Å². The minimum absolute atomic E-state index is 0.0366. The van der Waals surface area contributed by atoms with Crippen molar-refractivity contribution in [3.8, 4) is 0 Å². The van der Waals surface area contributed by atoms with Crippen molar-refractivity contribution in [2.75, 3.05) is 13.1 Å². The van der Waals surface area contributed by atoms with E-state index >= 15 is 0 Å². The summed E-state index contributed by atoms with van der Waals surface area (Å²) in [6, 6.07) is 13.7. The van der Waals surface area contributed by atoms with Gasteiger partial charge >= 0.3 is 5.97 Å². The highest BCUT2D eigenvalue weighted by Gasteiger charge is 2.31. The van der Waals surface area contributed by atoms with Crippen molar-refractivity contribution < 1.29 is 18.3 Å². The van der Waals surface area contributed by atoms with Crippen LogP contribution in [0.25, 0.3) is 0 Å². The summed E-state index contributed by atoms with van der Waals surface area (Å²) in [7, 11) is -3.60. The van der Waals surface area contributed by atoms with E-state index in [0.29, 0.717) is 18.1 Å². The lowest BCUT2D eigenvalue weighted by Crippen LogP contribution is -2.39. The van der Waals surface area contributed by atoms with E-state index in [9.17, 15) is 13.2 Å². The zero-order valence-corrected chi connectivity index (χ0v) is 15.7. The highest BCUT2D eigenvalue weighted by Crippen LogP contribution is 2.31. The van der Waals surface area contributed by atoms with Crippen LogP contribution in [-0.4, -0.2) is 36.9 Å². The van der Waals surface area contributed by atoms with Gasteiger partial charge in [0.05, 0.1) is 11.3 Å². The topological polar surface area (TPSA) is 74.7 Å². The van der Waals surface area contributed by atoms with Gasteiger partial charge in [-0.25, -0.2) is 8.42 Å². The third kappa shape index (κ3) is 4.26. The molecule has 1 unspecified atom stereocenters. The highest BCUT2D eigenvalue weighted by atomic mass is 35.5. The average molecular weight is 394 g/mol. The van der Waals surface area contributed by atoms with Crippen molar-refractivity contribution in [3.05, 3.63) is 64.7 Å². The van der Waals surface area contributed by atoms with E-state index in [0.717, 1.165) is 24.0 Å². The Labute approximate surface area is 158 Å². The molecule has 1 saturated heterocycles. The molecule has 1 fully saturated rings. The predicted octanol–water partition coefficient (Wildman–Crippen LogP) is 3.54. The van der Waals surface area contributed by atoms with Gasteiger partial charge in [-0.1, -0.05) is 41.9 Å². The Bertz CT molecular complexity index is 913. The van der Waals surface area contributed by atoms with E-state index in [4.69, 9.17) is 16.7 Å². The van der Waals surface area contributed by atoms with Gasteiger partial charge in [0.2, 0.25) is 10.0 Å². The van der Waals surface area contributed by atoms with Crippen molar-refractivity contribution in [2.24, 2.45) is 0 Å². The molecule has 1 aliphatic heterocycles. The van der Waals surface area contributed by atoms with E-state index in [1.165, 1.54) is 10.4 Å². The molecule has 0 bridgehead atoms. The van der Waals surface area contributed by atoms with E-state index in [2.05, 4.69) is 0 Å². The molecular formula is C19H20ClNO4S. The van der Waals surface area contributed by atoms with Crippen molar-refractivity contribution >= 4 is 27.6 Å². The molecule has 0 radical (unpaired) electrons. The average Bonchev–Trinajstić information content (AvgIpc) is 2.61. The number of halogens is 1. The molecule has 26 heavy (non-hydrogen) atoms. The van der Waals surface area contributed by atoms with Gasteiger partial charge in [0.25, 0.3) is 0 Å². The van der Waals surface area contributed by atoms with Gasteiger partial charge in [0.15, 0.2) is 0 Å². The minimum Gasteiger partial charge on any atom is -0.481 e. The van der Waals surface area contributed by atoms with Crippen LogP contribution in [0.2, 0.25) is 5.02 Å². The first-order chi connectivity index (χ1) is 12.4. The SMILES string of the molecule is O=C(O)Cc1cccc(C2CCCN(S(=O)(=O)c3cccc(Cl)c3)C2)c1. The van der Waals surface area contributed by atoms with Gasteiger partial charge in [-0.3, -0.25) is 4.79 Å². The normalized spacial score (nSPS) is 18.6. The van der Waals surface area contributed by atoms with E-state index in [1.54, 1.807) is 24.3 Å². The Hall–Kier alpha value is -1.89. The van der Waals surface area contributed by atoms with Gasteiger partial charge in [0, 0.05) is 18.1 Å². The number of sulfonamides is 1. The first-order valence-electron chi connectivity index (χ1n) is 8.42. The minimum atomic E-state index is -3.60. The summed E-state index contributed by atoms with van der Waals surface area (Å²) >= 11 is 5.94. The van der Waals surface area contributed by atoms with E-state index in [-0.39, 0.29) is 17.2 Å². The molecular weight excluding hydrogens is 374 g/mol. The molecule has 3 rings (SSSR count). The van der Waals surface area contributed by atoms with Crippen LogP contribution in [0.3, 0.4) is 0 Å². The lowest BCUT2D eigenvalue weighted by molar-refractivity contribution is -0.136. The summed E-state index contributed by atoms with van der Waals surface area (Å²) in [6.45, 7) is 0.853. The molecule has 1 aliphatic rings. The van der Waals surface area contributed by atoms with Crippen LogP contribution in [-0.2, 0) is 21.2 Å². The number of rotatable bonds is 5. The Morgan fingerprint density at radius 1 is 1.19 bits per heavy atom. The largest absolute Gasteiger partial charge is 0.481 e. The van der Waals surface area contributed by atoms with Crippen LogP contribution in [0.4, 0.5) is 0 Å². The maximum Gasteiger partial charge on any atom is 0.307 e. The number of piperidine rings is 1. The Morgan fingerprint density at radius 2 is 1.96 bits per heavy atom. The molecule has 0 amide bonds. The molecule has 2 aromatic carbocycles. The summed E-state index contributed by atoms with van der Waals surface area (Å²) in [4.78, 5) is 11.1. The fraction of sp³-hybridized carbons (Fsp3) is 0.316. The zero-order chi connectivity index (χ0) is 18.7. The fourth-order valence-electron chi connectivity index (χ4n) is 3.34. The Kier molecular flexibility index (Phi) is 5.65. The van der Waals surface area contributed by atoms with Crippen LogP contribution in [0.15, 0.2) is 53.4 Å². The Morgan fingerprint density at radius 3 is 2.69 bits per heavy atom. The van der Waals surface area contributed by atoms with Crippen molar-refractivity contribution in [2.45, 2.75) is 30.1 Å². The molecule has 7 heteroatoms. The van der Waals surface area contributed by atoms with Gasteiger partial charge in [-0.2, -0.15) is 4.31 Å². The summed E-state index contributed by atoms with van der Waals surface area (Å²) in [5.41, 5.74) is 1.71. The van der Waals surface area contributed by atoms with Gasteiger partial charge in [-0.15, -0.1) is 0 Å². The smallest absolute Gasteiger partial charge is 0.307 e. The number of hydrogen-bond acceptors (Lipinski definition) is 3. The molecule has 1 heterocycles. The van der Waals surface area contributed by atoms with Gasteiger partial charge in [0.1, 0.15) is 0 Å². The molecule has 138 valence electrons. The number of carboxylic acids is 1. The number of hydrogen-bond donors (Lipinski definition) is 1. The standard InChI is InChI=1S/C19H20ClNO4S/c20-17-7-2-8-18(12-17)26(24,25)21-9-3-6-16(13-21)15-5-1-4-14(10-15)11-19(22)23/h1-2,4-5,7-8,10,12,16H,3,6,9,11,13H2,(H,22,23). The second-order valence-electron chi connectivity index (χ2n) is 6.48. The molecule has 0 saturated carbocycles. The molecule has 0 aliphatic carbocycles. The highest BCUT2D eigenvalue weighted by molar-refractivity contribution is 7.89. The predicted molar refractivity (Wildman–Crippen MR) is 100.0 cm³/mol. The lowest BCUT2D eigenvalue weighted by Gasteiger charge is -2.32. The first-order valence-corrected chi connectivity index (χ1v) is 10.2. The first kappa shape index (κ1) is 18.9. The molecule has 1 N–H and O–H groups in total. The second-order valence-corrected chi connectivity index (χ2v) is 8.85. The number of nitrogens with zero attached hydrogens (tertiary/aromatic N) is 1. The Balaban J connectivity index is 1.82. The van der Waals surface area contributed by atoms with Crippen molar-refractivity contribution in [1.29, 1.82) is 0 Å². The quantitative estimate of drug-likeness (QED) is 0.843. The molecule has 0 spiro atoms. The number of carboxylic acid groups (broad SMARTS) is 1. The van der Waals surface area contributed by atoms with E-state index in [1.807, 2.05) is 18.2 Å². The summed E-state index contributed by atoms with van der Waals surface area (Å²) < 4.78 is 27.3.